The van der Waals surface area contributed by atoms with E-state index in [4.69, 9.17) is 10.5 Å². The highest BCUT2D eigenvalue weighted by atomic mass is 16.5. The SMILES string of the molecule is COc1ccc(C(N)c2cc(C)nnc2C)cc1. The summed E-state index contributed by atoms with van der Waals surface area (Å²) in [6.07, 6.45) is 0. The predicted molar refractivity (Wildman–Crippen MR) is 70.5 cm³/mol. The molecule has 94 valence electrons. The quantitative estimate of drug-likeness (QED) is 0.897. The van der Waals surface area contributed by atoms with Crippen molar-refractivity contribution >= 4 is 0 Å². The Morgan fingerprint density at radius 2 is 1.78 bits per heavy atom. The highest BCUT2D eigenvalue weighted by Gasteiger charge is 2.13. The van der Waals surface area contributed by atoms with E-state index in [-0.39, 0.29) is 6.04 Å². The molecule has 0 aliphatic carbocycles. The van der Waals surface area contributed by atoms with Gasteiger partial charge < -0.3 is 10.5 Å². The Morgan fingerprint density at radius 1 is 1.11 bits per heavy atom. The molecule has 0 aliphatic heterocycles. The molecule has 2 N–H and O–H groups in total. The molecule has 0 fully saturated rings. The van der Waals surface area contributed by atoms with Gasteiger partial charge in [-0.3, -0.25) is 0 Å². The fraction of sp³-hybridized carbons (Fsp3) is 0.286. The maximum Gasteiger partial charge on any atom is 0.118 e. The molecular weight excluding hydrogens is 226 g/mol. The number of aromatic nitrogens is 2. The molecule has 0 amide bonds. The van der Waals surface area contributed by atoms with Crippen molar-refractivity contribution in [1.82, 2.24) is 10.2 Å². The van der Waals surface area contributed by atoms with Gasteiger partial charge in [0.2, 0.25) is 0 Å². The van der Waals surface area contributed by atoms with Crippen molar-refractivity contribution in [2.75, 3.05) is 7.11 Å². The molecule has 4 heteroatoms. The van der Waals surface area contributed by atoms with E-state index >= 15 is 0 Å². The number of aryl methyl sites for hydroxylation is 2. The van der Waals surface area contributed by atoms with Gasteiger partial charge in [0.15, 0.2) is 0 Å². The Bertz CT molecular complexity index is 537. The normalized spacial score (nSPS) is 12.2. The minimum Gasteiger partial charge on any atom is -0.497 e. The molecule has 0 saturated carbocycles. The third-order valence-electron chi connectivity index (χ3n) is 2.95. The summed E-state index contributed by atoms with van der Waals surface area (Å²) in [6.45, 7) is 3.84. The largest absolute Gasteiger partial charge is 0.497 e. The maximum atomic E-state index is 6.27. The monoisotopic (exact) mass is 243 g/mol. The van der Waals surface area contributed by atoms with Gasteiger partial charge in [-0.15, -0.1) is 0 Å². The second-order valence-corrected chi connectivity index (χ2v) is 4.28. The van der Waals surface area contributed by atoms with E-state index in [1.807, 2.05) is 44.2 Å². The van der Waals surface area contributed by atoms with Gasteiger partial charge in [0, 0.05) is 0 Å². The number of ether oxygens (including phenoxy) is 1. The fourth-order valence-corrected chi connectivity index (χ4v) is 1.88. The summed E-state index contributed by atoms with van der Waals surface area (Å²) in [7, 11) is 1.65. The molecular formula is C14H17N3O. The van der Waals surface area contributed by atoms with Gasteiger partial charge in [0.1, 0.15) is 5.75 Å². The van der Waals surface area contributed by atoms with Crippen molar-refractivity contribution in [2.45, 2.75) is 19.9 Å². The van der Waals surface area contributed by atoms with Crippen molar-refractivity contribution in [1.29, 1.82) is 0 Å². The lowest BCUT2D eigenvalue weighted by Crippen LogP contribution is -2.14. The second-order valence-electron chi connectivity index (χ2n) is 4.28. The first-order valence-corrected chi connectivity index (χ1v) is 5.82. The molecule has 0 bridgehead atoms. The van der Waals surface area contributed by atoms with E-state index in [9.17, 15) is 0 Å². The van der Waals surface area contributed by atoms with Crippen LogP contribution < -0.4 is 10.5 Å². The number of nitrogens with zero attached hydrogens (tertiary/aromatic N) is 2. The van der Waals surface area contributed by atoms with Crippen LogP contribution in [0.3, 0.4) is 0 Å². The number of methoxy groups -OCH3 is 1. The topological polar surface area (TPSA) is 61.0 Å². The molecule has 2 aromatic rings. The first kappa shape index (κ1) is 12.5. The first-order valence-electron chi connectivity index (χ1n) is 5.82. The Hall–Kier alpha value is -1.94. The zero-order chi connectivity index (χ0) is 13.1. The van der Waals surface area contributed by atoms with Gasteiger partial charge in [-0.05, 0) is 43.2 Å². The third kappa shape index (κ3) is 2.49. The Morgan fingerprint density at radius 3 is 2.39 bits per heavy atom. The number of rotatable bonds is 3. The van der Waals surface area contributed by atoms with E-state index in [2.05, 4.69) is 10.2 Å². The lowest BCUT2D eigenvalue weighted by atomic mass is 9.98. The minimum atomic E-state index is -0.190. The van der Waals surface area contributed by atoms with Crippen LogP contribution in [0.15, 0.2) is 30.3 Å². The molecule has 1 unspecified atom stereocenters. The number of hydrogen-bond donors (Lipinski definition) is 1. The third-order valence-corrected chi connectivity index (χ3v) is 2.95. The number of hydrogen-bond acceptors (Lipinski definition) is 4. The lowest BCUT2D eigenvalue weighted by molar-refractivity contribution is 0.414. The molecule has 0 saturated heterocycles. The van der Waals surface area contributed by atoms with Crippen LogP contribution in [0, 0.1) is 13.8 Å². The molecule has 4 nitrogen and oxygen atoms in total. The molecule has 1 aromatic carbocycles. The molecule has 2 rings (SSSR count). The molecule has 0 aliphatic rings. The molecule has 0 radical (unpaired) electrons. The van der Waals surface area contributed by atoms with Crippen LogP contribution in [-0.2, 0) is 0 Å². The van der Waals surface area contributed by atoms with E-state index in [0.717, 1.165) is 28.3 Å². The molecule has 1 atom stereocenters. The average molecular weight is 243 g/mol. The minimum absolute atomic E-state index is 0.190. The lowest BCUT2D eigenvalue weighted by Gasteiger charge is -2.15. The zero-order valence-electron chi connectivity index (χ0n) is 10.8. The highest BCUT2D eigenvalue weighted by molar-refractivity contribution is 5.36. The van der Waals surface area contributed by atoms with Gasteiger partial charge in [0.05, 0.1) is 24.5 Å². The predicted octanol–water partition coefficient (Wildman–Crippen LogP) is 2.15. The molecule has 1 heterocycles. The van der Waals surface area contributed by atoms with Crippen LogP contribution in [0.5, 0.6) is 5.75 Å². The Kier molecular flexibility index (Phi) is 3.58. The van der Waals surface area contributed by atoms with E-state index in [1.165, 1.54) is 0 Å². The Labute approximate surface area is 107 Å². The van der Waals surface area contributed by atoms with Crippen molar-refractivity contribution in [3.63, 3.8) is 0 Å². The summed E-state index contributed by atoms with van der Waals surface area (Å²) < 4.78 is 5.13. The van der Waals surface area contributed by atoms with Crippen LogP contribution in [0.25, 0.3) is 0 Å². The maximum absolute atomic E-state index is 6.27. The highest BCUT2D eigenvalue weighted by Crippen LogP contribution is 2.23. The van der Waals surface area contributed by atoms with E-state index in [0.29, 0.717) is 0 Å². The van der Waals surface area contributed by atoms with Crippen LogP contribution in [-0.4, -0.2) is 17.3 Å². The van der Waals surface area contributed by atoms with Crippen LogP contribution >= 0.6 is 0 Å². The number of benzene rings is 1. The smallest absolute Gasteiger partial charge is 0.118 e. The summed E-state index contributed by atoms with van der Waals surface area (Å²) in [5.41, 5.74) is 10.0. The van der Waals surface area contributed by atoms with Crippen molar-refractivity contribution in [2.24, 2.45) is 5.73 Å². The molecule has 0 spiro atoms. The van der Waals surface area contributed by atoms with Crippen LogP contribution in [0.4, 0.5) is 0 Å². The van der Waals surface area contributed by atoms with Crippen molar-refractivity contribution in [3.05, 3.63) is 52.8 Å². The van der Waals surface area contributed by atoms with Crippen LogP contribution in [0.2, 0.25) is 0 Å². The molecule has 1 aromatic heterocycles. The number of nitrogens with two attached hydrogens (primary N) is 1. The zero-order valence-corrected chi connectivity index (χ0v) is 10.8. The van der Waals surface area contributed by atoms with Gasteiger partial charge in [0.25, 0.3) is 0 Å². The van der Waals surface area contributed by atoms with Crippen molar-refractivity contribution in [3.8, 4) is 5.75 Å². The standard InChI is InChI=1S/C14H17N3O/c1-9-8-13(10(2)17-16-9)14(15)11-4-6-12(18-3)7-5-11/h4-8,14H,15H2,1-3H3. The fourth-order valence-electron chi connectivity index (χ4n) is 1.88. The Balaban J connectivity index is 2.34. The van der Waals surface area contributed by atoms with Gasteiger partial charge in [-0.1, -0.05) is 12.1 Å². The van der Waals surface area contributed by atoms with Crippen molar-refractivity contribution < 1.29 is 4.74 Å². The summed E-state index contributed by atoms with van der Waals surface area (Å²) in [4.78, 5) is 0. The van der Waals surface area contributed by atoms with Gasteiger partial charge in [-0.2, -0.15) is 10.2 Å². The summed E-state index contributed by atoms with van der Waals surface area (Å²) in [5, 5.41) is 8.12. The van der Waals surface area contributed by atoms with Gasteiger partial charge >= 0.3 is 0 Å². The van der Waals surface area contributed by atoms with E-state index in [1.54, 1.807) is 7.11 Å². The second kappa shape index (κ2) is 5.14. The summed E-state index contributed by atoms with van der Waals surface area (Å²) in [6, 6.07) is 9.55. The first-order chi connectivity index (χ1) is 8.61. The van der Waals surface area contributed by atoms with Gasteiger partial charge in [-0.25, -0.2) is 0 Å². The van der Waals surface area contributed by atoms with Crippen LogP contribution in [0.1, 0.15) is 28.6 Å². The summed E-state index contributed by atoms with van der Waals surface area (Å²) in [5.74, 6) is 0.826. The summed E-state index contributed by atoms with van der Waals surface area (Å²) >= 11 is 0. The van der Waals surface area contributed by atoms with E-state index < -0.39 is 0 Å². The average Bonchev–Trinajstić information content (AvgIpc) is 2.41. The molecule has 18 heavy (non-hydrogen) atoms.